The highest BCUT2D eigenvalue weighted by atomic mass is 16.5. The van der Waals surface area contributed by atoms with Crippen LogP contribution in [0.15, 0.2) is 24.3 Å². The predicted molar refractivity (Wildman–Crippen MR) is 153 cm³/mol. The lowest BCUT2D eigenvalue weighted by Gasteiger charge is -2.30. The minimum atomic E-state index is -0.796. The van der Waals surface area contributed by atoms with Crippen LogP contribution in [0.4, 0.5) is 0 Å². The molecule has 0 radical (unpaired) electrons. The molecule has 0 aliphatic carbocycles. The Balaban J connectivity index is 2.70. The first-order valence-corrected chi connectivity index (χ1v) is 14.3. The minimum Gasteiger partial charge on any atom is -0.391 e. The fourth-order valence-electron chi connectivity index (χ4n) is 4.44. The first kappa shape index (κ1) is 34.0. The van der Waals surface area contributed by atoms with E-state index in [1.54, 1.807) is 7.11 Å². The highest BCUT2D eigenvalue weighted by molar-refractivity contribution is 5.95. The van der Waals surface area contributed by atoms with Gasteiger partial charge in [0.1, 0.15) is 0 Å². The summed E-state index contributed by atoms with van der Waals surface area (Å²) in [5.74, 6) is 0.0143. The third-order valence-corrected chi connectivity index (χ3v) is 7.21. The lowest BCUT2D eigenvalue weighted by Crippen LogP contribution is -2.44. The standard InChI is InChI=1S/C30H53N3O5/c1-7-8-14-32-30(36)26(22(4)5)19-28(34)27(31)18-24(21(2)3)20-33-29(35)25-12-10-9-11-23(25)13-15-38-17-16-37-6/h9-12,21-22,24,26-28,34H,7-8,13-20,31H2,1-6H3,(H,32,36)(H,33,35)/t24-,26+,27+,28+/m1/s1. The van der Waals surface area contributed by atoms with Crippen LogP contribution in [0.25, 0.3) is 0 Å². The molecule has 1 aromatic rings. The van der Waals surface area contributed by atoms with Crippen molar-refractivity contribution in [3.05, 3.63) is 35.4 Å². The highest BCUT2D eigenvalue weighted by Gasteiger charge is 2.29. The lowest BCUT2D eigenvalue weighted by atomic mass is 9.83. The van der Waals surface area contributed by atoms with E-state index in [2.05, 4.69) is 31.4 Å². The van der Waals surface area contributed by atoms with Gasteiger partial charge in [-0.1, -0.05) is 59.2 Å². The van der Waals surface area contributed by atoms with Gasteiger partial charge in [0.25, 0.3) is 5.91 Å². The molecule has 38 heavy (non-hydrogen) atoms. The fraction of sp³-hybridized carbons (Fsp3) is 0.733. The molecule has 8 nitrogen and oxygen atoms in total. The van der Waals surface area contributed by atoms with Crippen LogP contribution < -0.4 is 16.4 Å². The minimum absolute atomic E-state index is 0.0184. The number of hydrogen-bond donors (Lipinski definition) is 4. The number of nitrogens with two attached hydrogens (primary N) is 1. The molecule has 4 atom stereocenters. The Bertz CT molecular complexity index is 802. The van der Waals surface area contributed by atoms with Gasteiger partial charge in [-0.2, -0.15) is 0 Å². The molecule has 0 aliphatic heterocycles. The number of aliphatic hydroxyl groups excluding tert-OH is 1. The van der Waals surface area contributed by atoms with Gasteiger partial charge in [-0.25, -0.2) is 0 Å². The SMILES string of the molecule is CCCCNC(=O)[C@@H](C[C@H](O)[C@@H](N)C[C@H](CNC(=O)c1ccccc1CCOCCOC)C(C)C)C(C)C. The van der Waals surface area contributed by atoms with Gasteiger partial charge in [-0.05, 0) is 55.1 Å². The molecule has 2 amide bonds. The third kappa shape index (κ3) is 12.7. The molecule has 0 aromatic heterocycles. The van der Waals surface area contributed by atoms with Crippen LogP contribution in [0.5, 0.6) is 0 Å². The molecule has 218 valence electrons. The number of hydrogen-bond acceptors (Lipinski definition) is 6. The summed E-state index contributed by atoms with van der Waals surface area (Å²) in [6, 6.07) is 7.08. The number of amides is 2. The van der Waals surface area contributed by atoms with E-state index in [9.17, 15) is 14.7 Å². The molecule has 5 N–H and O–H groups in total. The number of nitrogens with one attached hydrogen (secondary N) is 2. The zero-order valence-corrected chi connectivity index (χ0v) is 24.5. The average molecular weight is 536 g/mol. The monoisotopic (exact) mass is 535 g/mol. The molecule has 0 saturated heterocycles. The van der Waals surface area contributed by atoms with E-state index < -0.39 is 12.1 Å². The molecule has 0 heterocycles. The van der Waals surface area contributed by atoms with Crippen LogP contribution in [-0.2, 0) is 20.7 Å². The van der Waals surface area contributed by atoms with Crippen molar-refractivity contribution in [3.63, 3.8) is 0 Å². The highest BCUT2D eigenvalue weighted by Crippen LogP contribution is 2.23. The number of rotatable bonds is 20. The van der Waals surface area contributed by atoms with Crippen LogP contribution in [0, 0.1) is 23.7 Å². The molecule has 1 aromatic carbocycles. The summed E-state index contributed by atoms with van der Waals surface area (Å²) in [6.45, 7) is 13.0. The van der Waals surface area contributed by atoms with E-state index in [1.165, 1.54) is 0 Å². The number of benzene rings is 1. The van der Waals surface area contributed by atoms with E-state index in [-0.39, 0.29) is 35.5 Å². The molecule has 0 unspecified atom stereocenters. The van der Waals surface area contributed by atoms with Crippen LogP contribution in [0.3, 0.4) is 0 Å². The number of unbranched alkanes of at least 4 members (excludes halogenated alkanes) is 1. The van der Waals surface area contributed by atoms with Gasteiger partial charge >= 0.3 is 0 Å². The van der Waals surface area contributed by atoms with Gasteiger partial charge in [0, 0.05) is 37.7 Å². The normalized spacial score (nSPS) is 14.8. The number of methoxy groups -OCH3 is 1. The fourth-order valence-corrected chi connectivity index (χ4v) is 4.44. The van der Waals surface area contributed by atoms with Crippen LogP contribution in [0.1, 0.15) is 76.2 Å². The van der Waals surface area contributed by atoms with Crippen LogP contribution in [-0.4, -0.2) is 69.1 Å². The van der Waals surface area contributed by atoms with Crippen molar-refractivity contribution in [1.82, 2.24) is 10.6 Å². The van der Waals surface area contributed by atoms with Crippen molar-refractivity contribution in [3.8, 4) is 0 Å². The number of carbonyl (C=O) groups excluding carboxylic acids is 2. The Hall–Kier alpha value is -2.00. The lowest BCUT2D eigenvalue weighted by molar-refractivity contribution is -0.127. The van der Waals surface area contributed by atoms with Crippen molar-refractivity contribution in [2.24, 2.45) is 29.4 Å². The van der Waals surface area contributed by atoms with Gasteiger partial charge in [-0.15, -0.1) is 0 Å². The van der Waals surface area contributed by atoms with E-state index in [4.69, 9.17) is 15.2 Å². The predicted octanol–water partition coefficient (Wildman–Crippen LogP) is 3.55. The molecule has 0 fully saturated rings. The van der Waals surface area contributed by atoms with E-state index in [0.29, 0.717) is 57.7 Å². The third-order valence-electron chi connectivity index (χ3n) is 7.21. The maximum atomic E-state index is 13.1. The first-order chi connectivity index (χ1) is 18.1. The molecule has 0 bridgehead atoms. The van der Waals surface area contributed by atoms with Gasteiger partial charge in [0.15, 0.2) is 0 Å². The Labute approximate surface area is 230 Å². The molecular weight excluding hydrogens is 482 g/mol. The van der Waals surface area contributed by atoms with Crippen LogP contribution >= 0.6 is 0 Å². The summed E-state index contributed by atoms with van der Waals surface area (Å²) in [4.78, 5) is 25.7. The number of carbonyl (C=O) groups is 2. The van der Waals surface area contributed by atoms with Crippen molar-refractivity contribution in [1.29, 1.82) is 0 Å². The Morgan fingerprint density at radius 2 is 1.71 bits per heavy atom. The molecule has 0 saturated carbocycles. The Morgan fingerprint density at radius 3 is 2.34 bits per heavy atom. The van der Waals surface area contributed by atoms with Gasteiger partial charge in [0.05, 0.1) is 25.9 Å². The molecule has 0 spiro atoms. The Morgan fingerprint density at radius 1 is 1.00 bits per heavy atom. The summed E-state index contributed by atoms with van der Waals surface area (Å²) >= 11 is 0. The second-order valence-corrected chi connectivity index (χ2v) is 10.9. The first-order valence-electron chi connectivity index (χ1n) is 14.3. The second kappa shape index (κ2) is 19.1. The summed E-state index contributed by atoms with van der Waals surface area (Å²) < 4.78 is 10.6. The molecule has 8 heteroatoms. The number of aliphatic hydroxyl groups is 1. The van der Waals surface area contributed by atoms with Crippen molar-refractivity contribution >= 4 is 11.8 Å². The van der Waals surface area contributed by atoms with E-state index >= 15 is 0 Å². The van der Waals surface area contributed by atoms with Gasteiger partial charge in [-0.3, -0.25) is 9.59 Å². The summed E-state index contributed by atoms with van der Waals surface area (Å²) in [7, 11) is 1.64. The van der Waals surface area contributed by atoms with E-state index in [1.807, 2.05) is 38.1 Å². The van der Waals surface area contributed by atoms with Crippen molar-refractivity contribution in [2.75, 3.05) is 40.0 Å². The summed E-state index contributed by atoms with van der Waals surface area (Å²) in [6.07, 6.45) is 2.68. The molecular formula is C30H53N3O5. The maximum absolute atomic E-state index is 13.1. The topological polar surface area (TPSA) is 123 Å². The Kier molecular flexibility index (Phi) is 17.1. The average Bonchev–Trinajstić information content (AvgIpc) is 2.88. The zero-order chi connectivity index (χ0) is 28.5. The van der Waals surface area contributed by atoms with Gasteiger partial charge < -0.3 is 30.9 Å². The van der Waals surface area contributed by atoms with E-state index in [0.717, 1.165) is 18.4 Å². The maximum Gasteiger partial charge on any atom is 0.251 e. The zero-order valence-electron chi connectivity index (χ0n) is 24.5. The van der Waals surface area contributed by atoms with Crippen molar-refractivity contribution in [2.45, 2.75) is 78.9 Å². The van der Waals surface area contributed by atoms with Crippen molar-refractivity contribution < 1.29 is 24.2 Å². The smallest absolute Gasteiger partial charge is 0.251 e. The quantitative estimate of drug-likeness (QED) is 0.189. The summed E-state index contributed by atoms with van der Waals surface area (Å²) in [5.41, 5.74) is 8.02. The van der Waals surface area contributed by atoms with Crippen LogP contribution in [0.2, 0.25) is 0 Å². The van der Waals surface area contributed by atoms with Gasteiger partial charge in [0.2, 0.25) is 5.91 Å². The second-order valence-electron chi connectivity index (χ2n) is 10.9. The summed E-state index contributed by atoms with van der Waals surface area (Å²) in [5, 5.41) is 17.0. The molecule has 1 rings (SSSR count). The largest absolute Gasteiger partial charge is 0.391 e. The molecule has 0 aliphatic rings. The number of ether oxygens (including phenoxy) is 2.